The van der Waals surface area contributed by atoms with E-state index >= 15 is 0 Å². The van der Waals surface area contributed by atoms with Gasteiger partial charge in [-0.2, -0.15) is 9.78 Å². The molecule has 36 heavy (non-hydrogen) atoms. The molecule has 0 unspecified atom stereocenters. The molecule has 4 rings (SSSR count). The van der Waals surface area contributed by atoms with Crippen LogP contribution < -0.4 is 20.3 Å². The summed E-state index contributed by atoms with van der Waals surface area (Å²) in [5, 5.41) is 7.63. The summed E-state index contributed by atoms with van der Waals surface area (Å²) in [6, 6.07) is 16.4. The SMILES string of the molecule is COc1cc(C=Nn2c(C)nc3ccc(Br)cc3c2=O)cc(I)c1OCC(=O)Nc1ccc(C)cc1. The highest BCUT2D eigenvalue weighted by molar-refractivity contribution is 14.1. The molecule has 184 valence electrons. The summed E-state index contributed by atoms with van der Waals surface area (Å²) in [7, 11) is 1.52. The van der Waals surface area contributed by atoms with Crippen molar-refractivity contribution >= 4 is 67.2 Å². The maximum Gasteiger partial charge on any atom is 0.282 e. The van der Waals surface area contributed by atoms with Gasteiger partial charge in [-0.25, -0.2) is 4.98 Å². The lowest BCUT2D eigenvalue weighted by atomic mass is 10.2. The molecule has 1 heterocycles. The zero-order valence-corrected chi connectivity index (χ0v) is 23.5. The first-order valence-electron chi connectivity index (χ1n) is 10.9. The predicted molar refractivity (Wildman–Crippen MR) is 152 cm³/mol. The summed E-state index contributed by atoms with van der Waals surface area (Å²) < 4.78 is 14.0. The largest absolute Gasteiger partial charge is 0.493 e. The van der Waals surface area contributed by atoms with Crippen LogP contribution in [-0.4, -0.2) is 35.5 Å². The van der Waals surface area contributed by atoms with Crippen molar-refractivity contribution in [2.75, 3.05) is 19.0 Å². The second kappa shape index (κ2) is 11.2. The summed E-state index contributed by atoms with van der Waals surface area (Å²) in [6.45, 7) is 3.53. The highest BCUT2D eigenvalue weighted by Gasteiger charge is 2.14. The highest BCUT2D eigenvalue weighted by atomic mass is 127. The van der Waals surface area contributed by atoms with Crippen LogP contribution in [-0.2, 0) is 4.79 Å². The van der Waals surface area contributed by atoms with E-state index in [2.05, 4.69) is 53.9 Å². The summed E-state index contributed by atoms with van der Waals surface area (Å²) in [4.78, 5) is 29.8. The topological polar surface area (TPSA) is 94.8 Å². The second-order valence-electron chi connectivity index (χ2n) is 7.92. The normalized spacial score (nSPS) is 11.1. The third-order valence-electron chi connectivity index (χ3n) is 5.23. The van der Waals surface area contributed by atoms with Crippen molar-refractivity contribution < 1.29 is 14.3 Å². The molecule has 0 atom stereocenters. The predicted octanol–water partition coefficient (Wildman–Crippen LogP) is 5.29. The average Bonchev–Trinajstić information content (AvgIpc) is 2.85. The Hall–Kier alpha value is -3.25. The van der Waals surface area contributed by atoms with Crippen LogP contribution in [0.5, 0.6) is 11.5 Å². The van der Waals surface area contributed by atoms with Crippen LogP contribution >= 0.6 is 38.5 Å². The van der Waals surface area contributed by atoms with Gasteiger partial charge in [-0.3, -0.25) is 9.59 Å². The van der Waals surface area contributed by atoms with Crippen LogP contribution in [0.3, 0.4) is 0 Å². The molecule has 0 spiro atoms. The van der Waals surface area contributed by atoms with E-state index in [0.29, 0.717) is 39.5 Å². The Kier molecular flexibility index (Phi) is 8.04. The first kappa shape index (κ1) is 25.8. The molecule has 10 heteroatoms. The van der Waals surface area contributed by atoms with Gasteiger partial charge < -0.3 is 14.8 Å². The number of halogens is 2. The van der Waals surface area contributed by atoms with E-state index in [0.717, 1.165) is 13.6 Å². The molecular formula is C26H22BrIN4O4. The van der Waals surface area contributed by atoms with Gasteiger partial charge in [0.1, 0.15) is 5.82 Å². The molecule has 1 amide bonds. The number of fused-ring (bicyclic) bond motifs is 1. The number of methoxy groups -OCH3 is 1. The monoisotopic (exact) mass is 660 g/mol. The van der Waals surface area contributed by atoms with Gasteiger partial charge in [-0.15, -0.1) is 0 Å². The van der Waals surface area contributed by atoms with Gasteiger partial charge in [-0.05, 0) is 84.5 Å². The van der Waals surface area contributed by atoms with Crippen molar-refractivity contribution in [3.05, 3.63) is 89.9 Å². The van der Waals surface area contributed by atoms with E-state index < -0.39 is 0 Å². The quantitative estimate of drug-likeness (QED) is 0.215. The fraction of sp³-hybridized carbons (Fsp3) is 0.154. The number of anilines is 1. The van der Waals surface area contributed by atoms with Crippen molar-refractivity contribution in [2.45, 2.75) is 13.8 Å². The summed E-state index contributed by atoms with van der Waals surface area (Å²) >= 11 is 5.50. The van der Waals surface area contributed by atoms with E-state index in [1.54, 1.807) is 31.3 Å². The zero-order chi connectivity index (χ0) is 25.8. The van der Waals surface area contributed by atoms with Gasteiger partial charge in [0.2, 0.25) is 0 Å². The minimum absolute atomic E-state index is 0.180. The number of aromatic nitrogens is 2. The van der Waals surface area contributed by atoms with Crippen LogP contribution in [0.4, 0.5) is 5.69 Å². The molecular weight excluding hydrogens is 639 g/mol. The molecule has 8 nitrogen and oxygen atoms in total. The molecule has 0 aliphatic rings. The molecule has 0 aliphatic heterocycles. The van der Waals surface area contributed by atoms with Crippen molar-refractivity contribution in [1.82, 2.24) is 9.66 Å². The number of amides is 1. The number of carbonyl (C=O) groups is 1. The first-order chi connectivity index (χ1) is 17.2. The fourth-order valence-electron chi connectivity index (χ4n) is 3.45. The molecule has 0 saturated carbocycles. The molecule has 3 aromatic carbocycles. The van der Waals surface area contributed by atoms with Crippen LogP contribution in [0.15, 0.2) is 69.0 Å². The first-order valence-corrected chi connectivity index (χ1v) is 12.7. The van der Waals surface area contributed by atoms with E-state index in [1.165, 1.54) is 11.8 Å². The van der Waals surface area contributed by atoms with Crippen molar-refractivity contribution in [2.24, 2.45) is 5.10 Å². The average molecular weight is 661 g/mol. The van der Waals surface area contributed by atoms with Crippen LogP contribution in [0, 0.1) is 17.4 Å². The highest BCUT2D eigenvalue weighted by Crippen LogP contribution is 2.33. The standard InChI is InChI=1S/C26H22BrIN4O4/c1-15-4-7-19(8-5-15)31-24(33)14-36-25-21(28)10-17(11-23(25)35-3)13-29-32-16(2)30-22-9-6-18(27)12-20(22)26(32)34/h4-13H,14H2,1-3H3,(H,31,33). The third-order valence-corrected chi connectivity index (χ3v) is 6.52. The minimum Gasteiger partial charge on any atom is -0.493 e. The van der Waals surface area contributed by atoms with Gasteiger partial charge in [0.05, 0.1) is 27.8 Å². The van der Waals surface area contributed by atoms with Gasteiger partial charge in [0.15, 0.2) is 18.1 Å². The Balaban J connectivity index is 1.54. The third kappa shape index (κ3) is 5.93. The Labute approximate surface area is 229 Å². The lowest BCUT2D eigenvalue weighted by Gasteiger charge is -2.13. The number of hydrogen-bond donors (Lipinski definition) is 1. The maximum atomic E-state index is 13.0. The lowest BCUT2D eigenvalue weighted by molar-refractivity contribution is -0.118. The number of rotatable bonds is 7. The van der Waals surface area contributed by atoms with Crippen LogP contribution in [0.1, 0.15) is 17.0 Å². The van der Waals surface area contributed by atoms with Gasteiger partial charge >= 0.3 is 0 Å². The van der Waals surface area contributed by atoms with Crippen LogP contribution in [0.25, 0.3) is 10.9 Å². The molecule has 1 aromatic heterocycles. The Morgan fingerprint density at radius 3 is 2.64 bits per heavy atom. The van der Waals surface area contributed by atoms with Crippen molar-refractivity contribution in [1.29, 1.82) is 0 Å². The second-order valence-corrected chi connectivity index (χ2v) is 10.00. The molecule has 0 radical (unpaired) electrons. The Morgan fingerprint density at radius 2 is 1.92 bits per heavy atom. The molecule has 0 fully saturated rings. The number of ether oxygens (including phenoxy) is 2. The van der Waals surface area contributed by atoms with E-state index in [9.17, 15) is 9.59 Å². The summed E-state index contributed by atoms with van der Waals surface area (Å²) in [5.41, 5.74) is 2.83. The Morgan fingerprint density at radius 1 is 1.17 bits per heavy atom. The summed E-state index contributed by atoms with van der Waals surface area (Å²) in [5.74, 6) is 1.07. The Bertz CT molecular complexity index is 1530. The van der Waals surface area contributed by atoms with Gasteiger partial charge in [0.25, 0.3) is 11.5 Å². The maximum absolute atomic E-state index is 13.0. The van der Waals surface area contributed by atoms with Crippen molar-refractivity contribution in [3.8, 4) is 11.5 Å². The van der Waals surface area contributed by atoms with Crippen molar-refractivity contribution in [3.63, 3.8) is 0 Å². The molecule has 0 bridgehead atoms. The number of nitrogens with one attached hydrogen (secondary N) is 1. The van der Waals surface area contributed by atoms with E-state index in [4.69, 9.17) is 9.47 Å². The van der Waals surface area contributed by atoms with E-state index in [1.807, 2.05) is 43.3 Å². The number of benzene rings is 3. The summed E-state index contributed by atoms with van der Waals surface area (Å²) in [6.07, 6.45) is 1.55. The molecule has 0 aliphatic carbocycles. The van der Waals surface area contributed by atoms with Crippen LogP contribution in [0.2, 0.25) is 0 Å². The van der Waals surface area contributed by atoms with Gasteiger partial charge in [0, 0.05) is 10.2 Å². The van der Waals surface area contributed by atoms with E-state index in [-0.39, 0.29) is 18.1 Å². The molecule has 0 saturated heterocycles. The number of nitrogens with zero attached hydrogens (tertiary/aromatic N) is 3. The number of aryl methyl sites for hydroxylation is 2. The molecule has 4 aromatic rings. The minimum atomic E-state index is -0.285. The van der Waals surface area contributed by atoms with Gasteiger partial charge in [-0.1, -0.05) is 33.6 Å². The molecule has 1 N–H and O–H groups in total. The number of carbonyl (C=O) groups excluding carboxylic acids is 1. The fourth-order valence-corrected chi connectivity index (χ4v) is 4.59. The smallest absolute Gasteiger partial charge is 0.282 e. The number of hydrogen-bond acceptors (Lipinski definition) is 6. The zero-order valence-electron chi connectivity index (χ0n) is 19.7. The lowest BCUT2D eigenvalue weighted by Crippen LogP contribution is -2.21.